The smallest absolute Gasteiger partial charge is 0.228 e. The van der Waals surface area contributed by atoms with Crippen LogP contribution < -0.4 is 5.32 Å². The molecule has 7 heteroatoms. The van der Waals surface area contributed by atoms with E-state index < -0.39 is 0 Å². The van der Waals surface area contributed by atoms with Crippen LogP contribution >= 0.6 is 11.6 Å². The van der Waals surface area contributed by atoms with Gasteiger partial charge in [-0.25, -0.2) is 4.98 Å². The van der Waals surface area contributed by atoms with Crippen LogP contribution in [-0.2, 0) is 18.3 Å². The Morgan fingerprint density at radius 1 is 1.33 bits per heavy atom. The van der Waals surface area contributed by atoms with Crippen molar-refractivity contribution in [2.45, 2.75) is 20.3 Å². The van der Waals surface area contributed by atoms with Crippen molar-refractivity contribution >= 4 is 23.2 Å². The molecule has 1 amide bonds. The predicted molar refractivity (Wildman–Crippen MR) is 93.6 cm³/mol. The number of halogens is 1. The van der Waals surface area contributed by atoms with Gasteiger partial charge in [0.25, 0.3) is 0 Å². The maximum Gasteiger partial charge on any atom is 0.228 e. The lowest BCUT2D eigenvalue weighted by atomic mass is 10.1. The molecule has 24 heavy (non-hydrogen) atoms. The second-order valence-electron chi connectivity index (χ2n) is 5.63. The van der Waals surface area contributed by atoms with E-state index in [1.807, 2.05) is 43.8 Å². The second-order valence-corrected chi connectivity index (χ2v) is 6.04. The Hall–Kier alpha value is -2.60. The maximum atomic E-state index is 12.3. The van der Waals surface area contributed by atoms with Gasteiger partial charge >= 0.3 is 0 Å². The van der Waals surface area contributed by atoms with Crippen molar-refractivity contribution in [1.29, 1.82) is 0 Å². The predicted octanol–water partition coefficient (Wildman–Crippen LogP) is 3.06. The molecular weight excluding hydrogens is 326 g/mol. The van der Waals surface area contributed by atoms with E-state index >= 15 is 0 Å². The summed E-state index contributed by atoms with van der Waals surface area (Å²) in [6.07, 6.45) is 5.46. The molecule has 1 aromatic carbocycles. The minimum absolute atomic E-state index is 0.0966. The molecule has 1 N–H and O–H groups in total. The van der Waals surface area contributed by atoms with Crippen molar-refractivity contribution < 1.29 is 4.79 Å². The number of aromatic nitrogens is 4. The Balaban J connectivity index is 1.74. The number of rotatable bonds is 4. The van der Waals surface area contributed by atoms with E-state index in [9.17, 15) is 4.79 Å². The molecule has 0 spiro atoms. The molecule has 124 valence electrons. The van der Waals surface area contributed by atoms with Crippen molar-refractivity contribution in [2.75, 3.05) is 5.32 Å². The van der Waals surface area contributed by atoms with E-state index in [1.165, 1.54) is 0 Å². The van der Waals surface area contributed by atoms with E-state index in [-0.39, 0.29) is 12.3 Å². The summed E-state index contributed by atoms with van der Waals surface area (Å²) in [5.41, 5.74) is 4.30. The zero-order valence-electron chi connectivity index (χ0n) is 13.7. The van der Waals surface area contributed by atoms with E-state index in [0.29, 0.717) is 10.7 Å². The van der Waals surface area contributed by atoms with Crippen LogP contribution in [0.3, 0.4) is 0 Å². The second kappa shape index (κ2) is 6.49. The highest BCUT2D eigenvalue weighted by Crippen LogP contribution is 2.24. The largest absolute Gasteiger partial charge is 0.326 e. The summed E-state index contributed by atoms with van der Waals surface area (Å²) >= 11 is 6.31. The number of anilines is 1. The Morgan fingerprint density at radius 2 is 2.12 bits per heavy atom. The third-order valence-corrected chi connectivity index (χ3v) is 4.31. The van der Waals surface area contributed by atoms with Gasteiger partial charge in [-0.3, -0.25) is 9.48 Å². The lowest BCUT2D eigenvalue weighted by Gasteiger charge is -2.09. The minimum atomic E-state index is -0.0966. The van der Waals surface area contributed by atoms with Gasteiger partial charge in [-0.05, 0) is 32.0 Å². The fraction of sp³-hybridized carbons (Fsp3) is 0.235. The van der Waals surface area contributed by atoms with Crippen LogP contribution in [0.4, 0.5) is 5.69 Å². The fourth-order valence-electron chi connectivity index (χ4n) is 2.63. The lowest BCUT2D eigenvalue weighted by Crippen LogP contribution is -2.15. The Bertz CT molecular complexity index is 883. The van der Waals surface area contributed by atoms with Crippen LogP contribution in [0, 0.1) is 13.8 Å². The van der Waals surface area contributed by atoms with Gasteiger partial charge in [0.2, 0.25) is 5.91 Å². The van der Waals surface area contributed by atoms with Gasteiger partial charge in [0, 0.05) is 36.4 Å². The summed E-state index contributed by atoms with van der Waals surface area (Å²) in [6, 6.07) is 5.40. The SMILES string of the molecule is Cc1nn(C)c(C)c1CC(=O)Nc1ccc(-n2ccnc2)c(Cl)c1. The Kier molecular flexibility index (Phi) is 4.40. The first-order valence-electron chi connectivity index (χ1n) is 7.52. The number of carbonyl (C=O) groups excluding carboxylic acids is 1. The van der Waals surface area contributed by atoms with Gasteiger partial charge in [0.1, 0.15) is 0 Å². The van der Waals surface area contributed by atoms with Crippen LogP contribution in [0.25, 0.3) is 5.69 Å². The summed E-state index contributed by atoms with van der Waals surface area (Å²) in [5, 5.41) is 7.76. The molecule has 0 unspecified atom stereocenters. The first kappa shape index (κ1) is 16.3. The number of nitrogens with zero attached hydrogens (tertiary/aromatic N) is 4. The molecule has 3 aromatic rings. The molecule has 0 saturated heterocycles. The zero-order chi connectivity index (χ0) is 17.3. The molecule has 0 aliphatic heterocycles. The lowest BCUT2D eigenvalue weighted by molar-refractivity contribution is -0.115. The highest BCUT2D eigenvalue weighted by atomic mass is 35.5. The third-order valence-electron chi connectivity index (χ3n) is 4.01. The molecular formula is C17H18ClN5O. The normalized spacial score (nSPS) is 10.8. The molecule has 2 aromatic heterocycles. The molecule has 0 aliphatic rings. The summed E-state index contributed by atoms with van der Waals surface area (Å²) in [5.74, 6) is -0.0966. The zero-order valence-corrected chi connectivity index (χ0v) is 14.5. The molecule has 0 atom stereocenters. The first-order valence-corrected chi connectivity index (χ1v) is 7.90. The van der Waals surface area contributed by atoms with Crippen LogP contribution in [0.5, 0.6) is 0 Å². The van der Waals surface area contributed by atoms with E-state index in [0.717, 1.165) is 22.6 Å². The van der Waals surface area contributed by atoms with Crippen molar-refractivity contribution in [2.24, 2.45) is 7.05 Å². The van der Waals surface area contributed by atoms with Crippen molar-refractivity contribution in [3.8, 4) is 5.69 Å². The van der Waals surface area contributed by atoms with Crippen LogP contribution in [0.15, 0.2) is 36.9 Å². The first-order chi connectivity index (χ1) is 11.5. The number of carbonyl (C=O) groups is 1. The molecule has 0 bridgehead atoms. The van der Waals surface area contributed by atoms with Crippen LogP contribution in [-0.4, -0.2) is 25.2 Å². The van der Waals surface area contributed by atoms with Gasteiger partial charge in [0.15, 0.2) is 0 Å². The third kappa shape index (κ3) is 3.19. The Labute approximate surface area is 145 Å². The topological polar surface area (TPSA) is 64.7 Å². The number of amides is 1. The molecule has 6 nitrogen and oxygen atoms in total. The molecule has 2 heterocycles. The monoisotopic (exact) mass is 343 g/mol. The van der Waals surface area contributed by atoms with Gasteiger partial charge in [0.05, 0.1) is 29.2 Å². The number of hydrogen-bond acceptors (Lipinski definition) is 3. The number of aryl methyl sites for hydroxylation is 2. The number of nitrogens with one attached hydrogen (secondary N) is 1. The summed E-state index contributed by atoms with van der Waals surface area (Å²) in [4.78, 5) is 16.3. The number of benzene rings is 1. The molecule has 0 fully saturated rings. The molecule has 0 aliphatic carbocycles. The minimum Gasteiger partial charge on any atom is -0.326 e. The average molecular weight is 344 g/mol. The van der Waals surface area contributed by atoms with Gasteiger partial charge in [-0.1, -0.05) is 11.6 Å². The summed E-state index contributed by atoms with van der Waals surface area (Å²) < 4.78 is 3.60. The maximum absolute atomic E-state index is 12.3. The van der Waals surface area contributed by atoms with Gasteiger partial charge in [-0.15, -0.1) is 0 Å². The summed E-state index contributed by atoms with van der Waals surface area (Å²) in [6.45, 7) is 3.87. The standard InChI is InChI=1S/C17H18ClN5O/c1-11-14(12(2)22(3)21-11)9-17(24)20-13-4-5-16(15(18)8-13)23-7-6-19-10-23/h4-8,10H,9H2,1-3H3,(H,20,24). The van der Waals surface area contributed by atoms with E-state index in [2.05, 4.69) is 15.4 Å². The van der Waals surface area contributed by atoms with Gasteiger partial charge in [-0.2, -0.15) is 5.10 Å². The van der Waals surface area contributed by atoms with Crippen LogP contribution in [0.2, 0.25) is 5.02 Å². The number of hydrogen-bond donors (Lipinski definition) is 1. The van der Waals surface area contributed by atoms with Crippen molar-refractivity contribution in [1.82, 2.24) is 19.3 Å². The Morgan fingerprint density at radius 3 is 2.71 bits per heavy atom. The fourth-order valence-corrected chi connectivity index (χ4v) is 2.91. The summed E-state index contributed by atoms with van der Waals surface area (Å²) in [7, 11) is 1.87. The average Bonchev–Trinajstić information content (AvgIpc) is 3.12. The quantitative estimate of drug-likeness (QED) is 0.791. The van der Waals surface area contributed by atoms with Crippen LogP contribution in [0.1, 0.15) is 17.0 Å². The highest BCUT2D eigenvalue weighted by molar-refractivity contribution is 6.32. The van der Waals surface area contributed by atoms with Crippen molar-refractivity contribution in [3.63, 3.8) is 0 Å². The highest BCUT2D eigenvalue weighted by Gasteiger charge is 2.14. The van der Waals surface area contributed by atoms with Crippen molar-refractivity contribution in [3.05, 3.63) is 58.9 Å². The van der Waals surface area contributed by atoms with E-state index in [1.54, 1.807) is 23.3 Å². The molecule has 0 radical (unpaired) electrons. The van der Waals surface area contributed by atoms with E-state index in [4.69, 9.17) is 11.6 Å². The van der Waals surface area contributed by atoms with Gasteiger partial charge < -0.3 is 9.88 Å². The molecule has 3 rings (SSSR count). The number of imidazole rings is 1. The molecule has 0 saturated carbocycles.